The van der Waals surface area contributed by atoms with Crippen LogP contribution in [0, 0.1) is 0 Å². The van der Waals surface area contributed by atoms with Gasteiger partial charge in [0.25, 0.3) is 0 Å². The highest BCUT2D eigenvalue weighted by Crippen LogP contribution is 2.32. The Kier molecular flexibility index (Phi) is 5.13. The Balaban J connectivity index is 1.63. The smallest absolute Gasteiger partial charge is 0.231 e. The lowest BCUT2D eigenvalue weighted by atomic mass is 10.2. The fraction of sp³-hybridized carbons (Fsp3) is 0.278. The van der Waals surface area contributed by atoms with Crippen molar-refractivity contribution in [3.05, 3.63) is 42.0 Å². The highest BCUT2D eigenvalue weighted by Gasteiger charge is 2.13. The quantitative estimate of drug-likeness (QED) is 0.642. The highest BCUT2D eigenvalue weighted by molar-refractivity contribution is 5.93. The Bertz CT molecular complexity index is 777. The molecule has 2 aromatic carbocycles. The van der Waals surface area contributed by atoms with E-state index in [1.165, 1.54) is 0 Å². The topological polar surface area (TPSA) is 73.3 Å². The molecule has 0 aliphatic carbocycles. The lowest BCUT2D eigenvalue weighted by molar-refractivity contribution is 0.174. The lowest BCUT2D eigenvalue weighted by Crippen LogP contribution is -2.30. The van der Waals surface area contributed by atoms with Gasteiger partial charge in [-0.1, -0.05) is 6.07 Å². The maximum Gasteiger partial charge on any atom is 0.231 e. The fourth-order valence-corrected chi connectivity index (χ4v) is 2.47. The molecule has 2 N–H and O–H groups in total. The Morgan fingerprint density at radius 1 is 1.04 bits per heavy atom. The molecule has 0 amide bonds. The zero-order valence-electron chi connectivity index (χ0n) is 14.5. The summed E-state index contributed by atoms with van der Waals surface area (Å²) in [6.45, 7) is 0.873. The summed E-state index contributed by atoms with van der Waals surface area (Å²) in [5.41, 5.74) is 1.91. The summed E-state index contributed by atoms with van der Waals surface area (Å²) >= 11 is 0. The number of ether oxygens (including phenoxy) is 4. The molecule has 7 nitrogen and oxygen atoms in total. The molecule has 0 bridgehead atoms. The fourth-order valence-electron chi connectivity index (χ4n) is 2.47. The van der Waals surface area contributed by atoms with Crippen LogP contribution in [0.25, 0.3) is 0 Å². The van der Waals surface area contributed by atoms with Crippen molar-refractivity contribution in [3.8, 4) is 23.0 Å². The molecule has 1 aliphatic heterocycles. The summed E-state index contributed by atoms with van der Waals surface area (Å²) in [6, 6.07) is 11.4. The van der Waals surface area contributed by atoms with E-state index in [4.69, 9.17) is 18.9 Å². The average molecular weight is 343 g/mol. The molecule has 132 valence electrons. The molecule has 0 radical (unpaired) electrons. The van der Waals surface area contributed by atoms with E-state index < -0.39 is 0 Å². The standard InChI is InChI=1S/C18H21N3O4/c1-19-18(21-13-5-7-14(22-2)16(9-13)23-3)20-10-12-4-6-15-17(8-12)25-11-24-15/h4-9H,10-11H2,1-3H3,(H2,19,20,21). The molecule has 2 aromatic rings. The summed E-state index contributed by atoms with van der Waals surface area (Å²) < 4.78 is 21.3. The van der Waals surface area contributed by atoms with E-state index in [9.17, 15) is 0 Å². The lowest BCUT2D eigenvalue weighted by Gasteiger charge is -2.14. The number of nitrogens with zero attached hydrogens (tertiary/aromatic N) is 1. The van der Waals surface area contributed by atoms with Crippen molar-refractivity contribution in [1.29, 1.82) is 0 Å². The van der Waals surface area contributed by atoms with Crippen molar-refractivity contribution in [3.63, 3.8) is 0 Å². The van der Waals surface area contributed by atoms with E-state index in [0.717, 1.165) is 22.7 Å². The summed E-state index contributed by atoms with van der Waals surface area (Å²) in [5, 5.41) is 6.49. The van der Waals surface area contributed by atoms with Crippen LogP contribution in [0.5, 0.6) is 23.0 Å². The third-order valence-electron chi connectivity index (χ3n) is 3.77. The van der Waals surface area contributed by atoms with E-state index in [0.29, 0.717) is 24.0 Å². The van der Waals surface area contributed by atoms with Gasteiger partial charge in [-0.25, -0.2) is 0 Å². The molecule has 0 saturated heterocycles. The van der Waals surface area contributed by atoms with Gasteiger partial charge in [-0.05, 0) is 29.8 Å². The number of fused-ring (bicyclic) bond motifs is 1. The van der Waals surface area contributed by atoms with Gasteiger partial charge in [0.1, 0.15) is 0 Å². The second kappa shape index (κ2) is 7.65. The van der Waals surface area contributed by atoms with Gasteiger partial charge >= 0.3 is 0 Å². The summed E-state index contributed by atoms with van der Waals surface area (Å²) in [6.07, 6.45) is 0. The van der Waals surface area contributed by atoms with Gasteiger partial charge in [0, 0.05) is 25.3 Å². The maximum absolute atomic E-state index is 5.39. The van der Waals surface area contributed by atoms with Crippen LogP contribution >= 0.6 is 0 Å². The van der Waals surface area contributed by atoms with Crippen molar-refractivity contribution in [1.82, 2.24) is 5.32 Å². The number of anilines is 1. The van der Waals surface area contributed by atoms with Crippen molar-refractivity contribution in [2.24, 2.45) is 4.99 Å². The van der Waals surface area contributed by atoms with Gasteiger partial charge in [-0.2, -0.15) is 0 Å². The summed E-state index contributed by atoms with van der Waals surface area (Å²) in [7, 11) is 4.93. The summed E-state index contributed by atoms with van der Waals surface area (Å²) in [4.78, 5) is 4.24. The minimum atomic E-state index is 0.273. The molecular formula is C18H21N3O4. The first-order chi connectivity index (χ1) is 12.2. The van der Waals surface area contributed by atoms with Crippen molar-refractivity contribution in [2.45, 2.75) is 6.54 Å². The molecule has 0 atom stereocenters. The minimum absolute atomic E-state index is 0.273. The van der Waals surface area contributed by atoms with Crippen LogP contribution in [0.4, 0.5) is 5.69 Å². The largest absolute Gasteiger partial charge is 0.493 e. The van der Waals surface area contributed by atoms with E-state index in [1.807, 2.05) is 36.4 Å². The number of methoxy groups -OCH3 is 2. The van der Waals surface area contributed by atoms with Gasteiger partial charge in [0.05, 0.1) is 14.2 Å². The number of hydrogen-bond donors (Lipinski definition) is 2. The van der Waals surface area contributed by atoms with Crippen LogP contribution in [-0.2, 0) is 6.54 Å². The Morgan fingerprint density at radius 2 is 1.84 bits per heavy atom. The molecule has 0 aromatic heterocycles. The van der Waals surface area contributed by atoms with Crippen LogP contribution in [0.2, 0.25) is 0 Å². The number of aliphatic imine (C=N–C) groups is 1. The zero-order chi connectivity index (χ0) is 17.6. The number of rotatable bonds is 5. The first-order valence-corrected chi connectivity index (χ1v) is 7.81. The molecule has 3 rings (SSSR count). The molecule has 25 heavy (non-hydrogen) atoms. The van der Waals surface area contributed by atoms with Gasteiger partial charge < -0.3 is 29.6 Å². The third-order valence-corrected chi connectivity index (χ3v) is 3.77. The Hall–Kier alpha value is -3.09. The highest BCUT2D eigenvalue weighted by atomic mass is 16.7. The normalized spacial score (nSPS) is 12.7. The molecule has 0 unspecified atom stereocenters. The van der Waals surface area contributed by atoms with Crippen LogP contribution in [0.3, 0.4) is 0 Å². The number of guanidine groups is 1. The van der Waals surface area contributed by atoms with Crippen LogP contribution in [-0.4, -0.2) is 34.0 Å². The number of nitrogens with one attached hydrogen (secondary N) is 2. The molecule has 7 heteroatoms. The molecule has 1 heterocycles. The molecular weight excluding hydrogens is 322 g/mol. The maximum atomic E-state index is 5.39. The average Bonchev–Trinajstić information content (AvgIpc) is 3.12. The van der Waals surface area contributed by atoms with E-state index >= 15 is 0 Å². The zero-order valence-corrected chi connectivity index (χ0v) is 14.5. The van der Waals surface area contributed by atoms with Crippen LogP contribution in [0.1, 0.15) is 5.56 Å². The van der Waals surface area contributed by atoms with Crippen molar-refractivity contribution >= 4 is 11.6 Å². The number of benzene rings is 2. The predicted octanol–water partition coefficient (Wildman–Crippen LogP) is 2.62. The molecule has 0 fully saturated rings. The van der Waals surface area contributed by atoms with Crippen LogP contribution in [0.15, 0.2) is 41.4 Å². The first-order valence-electron chi connectivity index (χ1n) is 7.81. The summed E-state index contributed by atoms with van der Waals surface area (Å²) in [5.74, 6) is 3.51. The monoisotopic (exact) mass is 343 g/mol. The first kappa shape index (κ1) is 16.8. The van der Waals surface area contributed by atoms with E-state index in [1.54, 1.807) is 21.3 Å². The van der Waals surface area contributed by atoms with E-state index in [-0.39, 0.29) is 6.79 Å². The van der Waals surface area contributed by atoms with Gasteiger partial charge in [-0.3, -0.25) is 4.99 Å². The van der Waals surface area contributed by atoms with Gasteiger partial charge in [-0.15, -0.1) is 0 Å². The number of hydrogen-bond acceptors (Lipinski definition) is 5. The van der Waals surface area contributed by atoms with Crippen molar-refractivity contribution in [2.75, 3.05) is 33.4 Å². The Labute approximate surface area is 146 Å². The Morgan fingerprint density at radius 3 is 2.60 bits per heavy atom. The predicted molar refractivity (Wildman–Crippen MR) is 95.9 cm³/mol. The second-order valence-corrected chi connectivity index (χ2v) is 5.31. The van der Waals surface area contributed by atoms with Gasteiger partial charge in [0.2, 0.25) is 6.79 Å². The molecule has 1 aliphatic rings. The van der Waals surface area contributed by atoms with E-state index in [2.05, 4.69) is 15.6 Å². The molecule has 0 spiro atoms. The van der Waals surface area contributed by atoms with Gasteiger partial charge in [0.15, 0.2) is 29.0 Å². The minimum Gasteiger partial charge on any atom is -0.493 e. The third kappa shape index (κ3) is 3.88. The SMILES string of the molecule is CN=C(NCc1ccc2c(c1)OCO2)Nc1ccc(OC)c(OC)c1. The second-order valence-electron chi connectivity index (χ2n) is 5.31. The van der Waals surface area contributed by atoms with Crippen molar-refractivity contribution < 1.29 is 18.9 Å². The molecule has 0 saturated carbocycles. The van der Waals surface area contributed by atoms with Crippen LogP contribution < -0.4 is 29.6 Å².